The predicted molar refractivity (Wildman–Crippen MR) is 88.0 cm³/mol. The third-order valence-electron chi connectivity index (χ3n) is 3.46. The minimum atomic E-state index is -0.290. The highest BCUT2D eigenvalue weighted by molar-refractivity contribution is 6.01. The van der Waals surface area contributed by atoms with Crippen LogP contribution in [-0.4, -0.2) is 24.8 Å². The van der Waals surface area contributed by atoms with E-state index in [4.69, 9.17) is 15.2 Å². The van der Waals surface area contributed by atoms with Crippen molar-refractivity contribution in [2.75, 3.05) is 18.9 Å². The van der Waals surface area contributed by atoms with Crippen molar-refractivity contribution in [2.24, 2.45) is 5.10 Å². The molecule has 2 aromatic rings. The lowest BCUT2D eigenvalue weighted by Crippen LogP contribution is -2.19. The van der Waals surface area contributed by atoms with Crippen molar-refractivity contribution in [2.45, 2.75) is 6.92 Å². The molecule has 0 aromatic heterocycles. The van der Waals surface area contributed by atoms with Gasteiger partial charge in [0.1, 0.15) is 13.2 Å². The van der Waals surface area contributed by atoms with Gasteiger partial charge in [0.2, 0.25) is 0 Å². The summed E-state index contributed by atoms with van der Waals surface area (Å²) in [4.78, 5) is 12.0. The lowest BCUT2D eigenvalue weighted by molar-refractivity contribution is 0.0955. The van der Waals surface area contributed by atoms with E-state index in [9.17, 15) is 4.79 Å². The molecule has 1 heterocycles. The molecule has 3 rings (SSSR count). The van der Waals surface area contributed by atoms with Gasteiger partial charge in [-0.15, -0.1) is 0 Å². The maximum Gasteiger partial charge on any atom is 0.271 e. The second-order valence-corrected chi connectivity index (χ2v) is 5.12. The molecule has 0 spiro atoms. The number of nitrogens with two attached hydrogens (primary N) is 1. The van der Waals surface area contributed by atoms with Gasteiger partial charge in [0.05, 0.1) is 5.71 Å². The minimum Gasteiger partial charge on any atom is -0.486 e. The van der Waals surface area contributed by atoms with Crippen molar-refractivity contribution in [3.63, 3.8) is 0 Å². The van der Waals surface area contributed by atoms with Crippen LogP contribution in [0.4, 0.5) is 5.69 Å². The van der Waals surface area contributed by atoms with Crippen LogP contribution in [0.3, 0.4) is 0 Å². The number of nitrogens with zero attached hydrogens (tertiary/aromatic N) is 1. The summed E-state index contributed by atoms with van der Waals surface area (Å²) < 4.78 is 11.0. The number of nitrogen functional groups attached to an aromatic ring is 1. The summed E-state index contributed by atoms with van der Waals surface area (Å²) in [6.45, 7) is 2.90. The molecule has 0 atom stereocenters. The Balaban J connectivity index is 1.72. The highest BCUT2D eigenvalue weighted by atomic mass is 16.6. The van der Waals surface area contributed by atoms with Crippen molar-refractivity contribution in [3.8, 4) is 11.5 Å². The van der Waals surface area contributed by atoms with Crippen LogP contribution in [0, 0.1) is 0 Å². The Hall–Kier alpha value is -3.02. The van der Waals surface area contributed by atoms with Gasteiger partial charge in [-0.1, -0.05) is 0 Å². The van der Waals surface area contributed by atoms with E-state index in [2.05, 4.69) is 10.5 Å². The molecule has 1 aliphatic rings. The van der Waals surface area contributed by atoms with Crippen LogP contribution in [0.2, 0.25) is 0 Å². The van der Waals surface area contributed by atoms with Crippen LogP contribution in [0.25, 0.3) is 0 Å². The standard InChI is InChI=1S/C17H17N3O3/c1-11(13-4-7-15-16(10-13)23-9-8-22-15)19-20-17(21)12-2-5-14(18)6-3-12/h2-7,10H,8-9,18H2,1H3,(H,20,21). The molecule has 2 aromatic carbocycles. The van der Waals surface area contributed by atoms with E-state index in [0.29, 0.717) is 35.9 Å². The van der Waals surface area contributed by atoms with Gasteiger partial charge >= 0.3 is 0 Å². The topological polar surface area (TPSA) is 85.9 Å². The molecule has 1 aliphatic heterocycles. The molecule has 23 heavy (non-hydrogen) atoms. The summed E-state index contributed by atoms with van der Waals surface area (Å²) in [5, 5.41) is 4.13. The molecule has 1 amide bonds. The van der Waals surface area contributed by atoms with Crippen LogP contribution in [0.15, 0.2) is 47.6 Å². The van der Waals surface area contributed by atoms with E-state index < -0.39 is 0 Å². The molecule has 6 nitrogen and oxygen atoms in total. The molecule has 0 saturated carbocycles. The first kappa shape index (κ1) is 14.9. The Labute approximate surface area is 133 Å². The number of benzene rings is 2. The van der Waals surface area contributed by atoms with Crippen molar-refractivity contribution >= 4 is 17.3 Å². The Bertz CT molecular complexity index is 754. The van der Waals surface area contributed by atoms with Crippen molar-refractivity contribution < 1.29 is 14.3 Å². The van der Waals surface area contributed by atoms with Crippen molar-refractivity contribution in [1.29, 1.82) is 0 Å². The van der Waals surface area contributed by atoms with E-state index in [1.54, 1.807) is 24.3 Å². The predicted octanol–water partition coefficient (Wildman–Crippen LogP) is 2.19. The number of anilines is 1. The van der Waals surface area contributed by atoms with Crippen LogP contribution < -0.4 is 20.6 Å². The third kappa shape index (κ3) is 3.42. The number of nitrogens with one attached hydrogen (secondary N) is 1. The first-order chi connectivity index (χ1) is 11.1. The lowest BCUT2D eigenvalue weighted by atomic mass is 10.1. The van der Waals surface area contributed by atoms with E-state index in [1.807, 2.05) is 25.1 Å². The minimum absolute atomic E-state index is 0.290. The second-order valence-electron chi connectivity index (χ2n) is 5.12. The average molecular weight is 311 g/mol. The van der Waals surface area contributed by atoms with Crippen LogP contribution in [0.1, 0.15) is 22.8 Å². The Morgan fingerprint density at radius 1 is 1.04 bits per heavy atom. The number of amides is 1. The number of ether oxygens (including phenoxy) is 2. The Morgan fingerprint density at radius 3 is 2.43 bits per heavy atom. The van der Waals surface area contributed by atoms with Gasteiger partial charge in [0, 0.05) is 16.8 Å². The van der Waals surface area contributed by atoms with E-state index >= 15 is 0 Å². The fraction of sp³-hybridized carbons (Fsp3) is 0.176. The van der Waals surface area contributed by atoms with Gasteiger partial charge < -0.3 is 15.2 Å². The molecule has 3 N–H and O–H groups in total. The van der Waals surface area contributed by atoms with Gasteiger partial charge in [-0.3, -0.25) is 4.79 Å². The summed E-state index contributed by atoms with van der Waals surface area (Å²) in [5.41, 5.74) is 10.8. The summed E-state index contributed by atoms with van der Waals surface area (Å²) in [6.07, 6.45) is 0. The zero-order chi connectivity index (χ0) is 16.2. The van der Waals surface area contributed by atoms with Crippen LogP contribution in [-0.2, 0) is 0 Å². The number of hydrazone groups is 1. The van der Waals surface area contributed by atoms with Gasteiger partial charge in [-0.25, -0.2) is 5.43 Å². The largest absolute Gasteiger partial charge is 0.486 e. The molecule has 0 radical (unpaired) electrons. The molecule has 0 fully saturated rings. The summed E-state index contributed by atoms with van der Waals surface area (Å²) in [6, 6.07) is 12.2. The zero-order valence-corrected chi connectivity index (χ0v) is 12.7. The van der Waals surface area contributed by atoms with E-state index in [0.717, 1.165) is 11.3 Å². The molecule has 118 valence electrons. The fourth-order valence-electron chi connectivity index (χ4n) is 2.17. The van der Waals surface area contributed by atoms with Gasteiger partial charge in [-0.05, 0) is 49.4 Å². The number of fused-ring (bicyclic) bond motifs is 1. The zero-order valence-electron chi connectivity index (χ0n) is 12.7. The van der Waals surface area contributed by atoms with Crippen LogP contribution >= 0.6 is 0 Å². The molecule has 0 aliphatic carbocycles. The summed E-state index contributed by atoms with van der Waals surface area (Å²) in [5.74, 6) is 1.12. The average Bonchev–Trinajstić information content (AvgIpc) is 2.59. The molecular weight excluding hydrogens is 294 g/mol. The van der Waals surface area contributed by atoms with Crippen LogP contribution in [0.5, 0.6) is 11.5 Å². The summed E-state index contributed by atoms with van der Waals surface area (Å²) in [7, 11) is 0. The summed E-state index contributed by atoms with van der Waals surface area (Å²) >= 11 is 0. The molecule has 0 unspecified atom stereocenters. The van der Waals surface area contributed by atoms with Gasteiger partial charge in [-0.2, -0.15) is 5.10 Å². The Kier molecular flexibility index (Phi) is 4.14. The second kappa shape index (κ2) is 6.39. The van der Waals surface area contributed by atoms with E-state index in [1.165, 1.54) is 0 Å². The van der Waals surface area contributed by atoms with Crippen molar-refractivity contribution in [1.82, 2.24) is 5.43 Å². The molecule has 6 heteroatoms. The van der Waals surface area contributed by atoms with Gasteiger partial charge in [0.15, 0.2) is 11.5 Å². The number of hydrogen-bond acceptors (Lipinski definition) is 5. The molecule has 0 saturated heterocycles. The van der Waals surface area contributed by atoms with Gasteiger partial charge in [0.25, 0.3) is 5.91 Å². The van der Waals surface area contributed by atoms with Crippen molar-refractivity contribution in [3.05, 3.63) is 53.6 Å². The normalized spacial score (nSPS) is 13.5. The highest BCUT2D eigenvalue weighted by Crippen LogP contribution is 2.30. The highest BCUT2D eigenvalue weighted by Gasteiger charge is 2.13. The number of carbonyl (C=O) groups is 1. The third-order valence-corrected chi connectivity index (χ3v) is 3.46. The smallest absolute Gasteiger partial charge is 0.271 e. The quantitative estimate of drug-likeness (QED) is 0.517. The number of carbonyl (C=O) groups excluding carboxylic acids is 1. The maximum atomic E-state index is 12.0. The first-order valence-corrected chi connectivity index (χ1v) is 7.24. The lowest BCUT2D eigenvalue weighted by Gasteiger charge is -2.18. The first-order valence-electron chi connectivity index (χ1n) is 7.24. The Morgan fingerprint density at radius 2 is 1.70 bits per heavy atom. The molecule has 0 bridgehead atoms. The number of rotatable bonds is 3. The van der Waals surface area contributed by atoms with E-state index in [-0.39, 0.29) is 5.91 Å². The number of hydrogen-bond donors (Lipinski definition) is 2. The monoisotopic (exact) mass is 311 g/mol. The molecular formula is C17H17N3O3. The SMILES string of the molecule is CC(=NNC(=O)c1ccc(N)cc1)c1ccc2c(c1)OCCO2. The fourth-order valence-corrected chi connectivity index (χ4v) is 2.17. The maximum absolute atomic E-state index is 12.0.